The smallest absolute Gasteiger partial charge is 0.124 e. The number of ether oxygens (including phenoxy) is 1. The molecule has 2 rings (SSSR count). The molecular formula is C13H16FN3O. The van der Waals surface area contributed by atoms with Crippen molar-refractivity contribution >= 4 is 0 Å². The van der Waals surface area contributed by atoms with Crippen LogP contribution in [0.3, 0.4) is 0 Å². The van der Waals surface area contributed by atoms with Crippen molar-refractivity contribution in [3.05, 3.63) is 47.5 Å². The molecular weight excluding hydrogens is 233 g/mol. The Labute approximate surface area is 105 Å². The van der Waals surface area contributed by atoms with Crippen LogP contribution in [0, 0.1) is 5.82 Å². The molecule has 4 nitrogen and oxygen atoms in total. The molecule has 0 bridgehead atoms. The van der Waals surface area contributed by atoms with Crippen molar-refractivity contribution in [2.24, 2.45) is 0 Å². The fraction of sp³-hybridized carbons (Fsp3) is 0.308. The number of methoxy groups -OCH3 is 1. The van der Waals surface area contributed by atoms with Gasteiger partial charge in [-0.1, -0.05) is 6.92 Å². The topological polar surface area (TPSA) is 49.9 Å². The summed E-state index contributed by atoms with van der Waals surface area (Å²) >= 11 is 0. The molecule has 2 aromatic rings. The lowest BCUT2D eigenvalue weighted by molar-refractivity contribution is 0.402. The molecule has 1 heterocycles. The highest BCUT2D eigenvalue weighted by Gasteiger charge is 2.19. The Morgan fingerprint density at radius 2 is 2.28 bits per heavy atom. The third kappa shape index (κ3) is 2.51. The molecule has 1 unspecified atom stereocenters. The van der Waals surface area contributed by atoms with Gasteiger partial charge in [0.25, 0.3) is 0 Å². The number of nitrogens with one attached hydrogen (secondary N) is 2. The van der Waals surface area contributed by atoms with Gasteiger partial charge >= 0.3 is 0 Å². The van der Waals surface area contributed by atoms with Crippen molar-refractivity contribution in [2.45, 2.75) is 13.0 Å². The summed E-state index contributed by atoms with van der Waals surface area (Å²) in [5, 5.41) is 10.1. The van der Waals surface area contributed by atoms with Crippen molar-refractivity contribution in [3.63, 3.8) is 0 Å². The lowest BCUT2D eigenvalue weighted by atomic mass is 10.0. The first-order chi connectivity index (χ1) is 8.76. The third-order valence-electron chi connectivity index (χ3n) is 2.74. The molecule has 2 N–H and O–H groups in total. The number of H-pyrrole nitrogens is 1. The van der Waals surface area contributed by atoms with Gasteiger partial charge in [0.15, 0.2) is 0 Å². The highest BCUT2D eigenvalue weighted by atomic mass is 19.1. The molecule has 18 heavy (non-hydrogen) atoms. The summed E-state index contributed by atoms with van der Waals surface area (Å²) in [6, 6.07) is 6.19. The second kappa shape index (κ2) is 5.64. The molecule has 5 heteroatoms. The SMILES string of the molecule is CCNC(c1ccn[nH]1)c1cc(F)ccc1OC. The van der Waals surface area contributed by atoms with Crippen LogP contribution in [0.25, 0.3) is 0 Å². The monoisotopic (exact) mass is 249 g/mol. The largest absolute Gasteiger partial charge is 0.496 e. The van der Waals surface area contributed by atoms with Crippen molar-refractivity contribution in [1.82, 2.24) is 15.5 Å². The number of benzene rings is 1. The molecule has 0 fully saturated rings. The van der Waals surface area contributed by atoms with E-state index in [1.165, 1.54) is 12.1 Å². The van der Waals surface area contributed by atoms with Crippen LogP contribution in [-0.4, -0.2) is 23.9 Å². The number of hydrogen-bond donors (Lipinski definition) is 2. The summed E-state index contributed by atoms with van der Waals surface area (Å²) in [4.78, 5) is 0. The van der Waals surface area contributed by atoms with Gasteiger partial charge in [-0.2, -0.15) is 5.10 Å². The van der Waals surface area contributed by atoms with E-state index in [1.54, 1.807) is 19.4 Å². The van der Waals surface area contributed by atoms with Gasteiger partial charge in [0.05, 0.1) is 18.8 Å². The molecule has 0 spiro atoms. The minimum Gasteiger partial charge on any atom is -0.496 e. The lowest BCUT2D eigenvalue weighted by Gasteiger charge is -2.19. The summed E-state index contributed by atoms with van der Waals surface area (Å²) in [5.74, 6) is 0.366. The molecule has 0 saturated carbocycles. The maximum atomic E-state index is 13.4. The minimum absolute atomic E-state index is 0.164. The zero-order chi connectivity index (χ0) is 13.0. The second-order valence-electron chi connectivity index (χ2n) is 3.89. The molecule has 0 aliphatic carbocycles. The lowest BCUT2D eigenvalue weighted by Crippen LogP contribution is -2.23. The Balaban J connectivity index is 2.45. The third-order valence-corrected chi connectivity index (χ3v) is 2.74. The number of aromatic amines is 1. The van der Waals surface area contributed by atoms with Crippen LogP contribution in [-0.2, 0) is 0 Å². The number of nitrogens with zero attached hydrogens (tertiary/aromatic N) is 1. The quantitative estimate of drug-likeness (QED) is 0.854. The molecule has 0 amide bonds. The van der Waals surface area contributed by atoms with E-state index in [0.29, 0.717) is 5.75 Å². The van der Waals surface area contributed by atoms with Crippen LogP contribution in [0.15, 0.2) is 30.5 Å². The first kappa shape index (κ1) is 12.6. The van der Waals surface area contributed by atoms with Gasteiger partial charge in [-0.3, -0.25) is 5.10 Å². The van der Waals surface area contributed by atoms with Crippen LogP contribution >= 0.6 is 0 Å². The fourth-order valence-corrected chi connectivity index (χ4v) is 1.95. The number of halogens is 1. The molecule has 1 aromatic heterocycles. The Morgan fingerprint density at radius 1 is 1.44 bits per heavy atom. The predicted octanol–water partition coefficient (Wildman–Crippen LogP) is 2.26. The Kier molecular flexibility index (Phi) is 3.94. The van der Waals surface area contributed by atoms with E-state index in [-0.39, 0.29) is 11.9 Å². The van der Waals surface area contributed by atoms with Crippen LogP contribution in [0.2, 0.25) is 0 Å². The van der Waals surface area contributed by atoms with E-state index >= 15 is 0 Å². The Bertz CT molecular complexity index is 499. The Morgan fingerprint density at radius 3 is 2.89 bits per heavy atom. The standard InChI is InChI=1S/C13H16FN3O/c1-3-15-13(11-6-7-16-17-11)10-8-9(14)4-5-12(10)18-2/h4-8,13,15H,3H2,1-2H3,(H,16,17). The molecule has 1 aromatic carbocycles. The summed E-state index contributed by atoms with van der Waals surface area (Å²) in [6.07, 6.45) is 1.67. The normalized spacial score (nSPS) is 12.4. The molecule has 0 aliphatic heterocycles. The summed E-state index contributed by atoms with van der Waals surface area (Å²) in [7, 11) is 1.58. The average Bonchev–Trinajstić information content (AvgIpc) is 2.89. The first-order valence-corrected chi connectivity index (χ1v) is 5.82. The molecule has 0 saturated heterocycles. The molecule has 96 valence electrons. The predicted molar refractivity (Wildman–Crippen MR) is 67.1 cm³/mol. The van der Waals surface area contributed by atoms with Gasteiger partial charge in [-0.15, -0.1) is 0 Å². The van der Waals surface area contributed by atoms with Gasteiger partial charge in [-0.05, 0) is 30.8 Å². The van der Waals surface area contributed by atoms with Gasteiger partial charge in [0.2, 0.25) is 0 Å². The molecule has 1 atom stereocenters. The maximum Gasteiger partial charge on any atom is 0.124 e. The van der Waals surface area contributed by atoms with Gasteiger partial charge in [0.1, 0.15) is 11.6 Å². The minimum atomic E-state index is -0.284. The highest BCUT2D eigenvalue weighted by Crippen LogP contribution is 2.29. The van der Waals surface area contributed by atoms with Crippen LogP contribution < -0.4 is 10.1 Å². The van der Waals surface area contributed by atoms with E-state index in [2.05, 4.69) is 15.5 Å². The van der Waals surface area contributed by atoms with E-state index in [0.717, 1.165) is 17.8 Å². The summed E-state index contributed by atoms with van der Waals surface area (Å²) in [6.45, 7) is 2.75. The number of rotatable bonds is 5. The van der Waals surface area contributed by atoms with E-state index < -0.39 is 0 Å². The van der Waals surface area contributed by atoms with Gasteiger partial charge in [0, 0.05) is 11.8 Å². The van der Waals surface area contributed by atoms with Crippen molar-refractivity contribution < 1.29 is 9.13 Å². The highest BCUT2D eigenvalue weighted by molar-refractivity contribution is 5.40. The van der Waals surface area contributed by atoms with Crippen molar-refractivity contribution in [3.8, 4) is 5.75 Å². The van der Waals surface area contributed by atoms with E-state index in [1.807, 2.05) is 13.0 Å². The van der Waals surface area contributed by atoms with Crippen LogP contribution in [0.4, 0.5) is 4.39 Å². The summed E-state index contributed by atoms with van der Waals surface area (Å²) in [5.41, 5.74) is 1.63. The van der Waals surface area contributed by atoms with Gasteiger partial charge < -0.3 is 10.1 Å². The fourth-order valence-electron chi connectivity index (χ4n) is 1.95. The van der Waals surface area contributed by atoms with E-state index in [9.17, 15) is 4.39 Å². The molecule has 0 aliphatic rings. The van der Waals surface area contributed by atoms with Crippen LogP contribution in [0.5, 0.6) is 5.75 Å². The van der Waals surface area contributed by atoms with Crippen LogP contribution in [0.1, 0.15) is 24.2 Å². The number of aromatic nitrogens is 2. The maximum absolute atomic E-state index is 13.4. The summed E-state index contributed by atoms with van der Waals surface area (Å²) < 4.78 is 18.7. The van der Waals surface area contributed by atoms with E-state index in [4.69, 9.17) is 4.74 Å². The first-order valence-electron chi connectivity index (χ1n) is 5.82. The second-order valence-corrected chi connectivity index (χ2v) is 3.89. The zero-order valence-corrected chi connectivity index (χ0v) is 10.4. The van der Waals surface area contributed by atoms with Crippen molar-refractivity contribution in [2.75, 3.05) is 13.7 Å². The molecule has 0 radical (unpaired) electrons. The Hall–Kier alpha value is -1.88. The van der Waals surface area contributed by atoms with Crippen molar-refractivity contribution in [1.29, 1.82) is 0 Å². The van der Waals surface area contributed by atoms with Gasteiger partial charge in [-0.25, -0.2) is 4.39 Å². The average molecular weight is 249 g/mol. The zero-order valence-electron chi connectivity index (χ0n) is 10.4. The number of hydrogen-bond acceptors (Lipinski definition) is 3.